The molecule has 1 saturated heterocycles. The first kappa shape index (κ1) is 19.4. The summed E-state index contributed by atoms with van der Waals surface area (Å²) < 4.78 is 1.81. The van der Waals surface area contributed by atoms with E-state index in [2.05, 4.69) is 20.7 Å². The Morgan fingerprint density at radius 3 is 2.70 bits per heavy atom. The minimum Gasteiger partial charge on any atom is -0.323 e. The van der Waals surface area contributed by atoms with E-state index >= 15 is 0 Å². The van der Waals surface area contributed by atoms with Gasteiger partial charge in [0.05, 0.1) is 18.4 Å². The summed E-state index contributed by atoms with van der Waals surface area (Å²) in [6.07, 6.45) is 7.06. The number of anilines is 1. The second-order valence-corrected chi connectivity index (χ2v) is 5.48. The fourth-order valence-electron chi connectivity index (χ4n) is 2.32. The predicted molar refractivity (Wildman–Crippen MR) is 94.2 cm³/mol. The van der Waals surface area contributed by atoms with Crippen LogP contribution in [0.4, 0.5) is 5.69 Å². The van der Waals surface area contributed by atoms with Crippen molar-refractivity contribution >= 4 is 36.4 Å². The monoisotopic (exact) mass is 357 g/mol. The smallest absolute Gasteiger partial charge is 0.227 e. The van der Waals surface area contributed by atoms with E-state index in [1.54, 1.807) is 23.3 Å². The maximum Gasteiger partial charge on any atom is 0.227 e. The minimum absolute atomic E-state index is 0. The van der Waals surface area contributed by atoms with Crippen molar-refractivity contribution in [2.75, 3.05) is 18.4 Å². The second kappa shape index (κ2) is 8.86. The van der Waals surface area contributed by atoms with Gasteiger partial charge in [-0.1, -0.05) is 6.92 Å². The molecular formula is C15H21Cl2N5O. The van der Waals surface area contributed by atoms with Gasteiger partial charge in [0.15, 0.2) is 0 Å². The van der Waals surface area contributed by atoms with Gasteiger partial charge < -0.3 is 10.6 Å². The van der Waals surface area contributed by atoms with Crippen LogP contribution in [0.15, 0.2) is 36.9 Å². The molecule has 126 valence electrons. The molecule has 0 saturated carbocycles. The normalized spacial score (nSPS) is 14.8. The van der Waals surface area contributed by atoms with Gasteiger partial charge in [-0.15, -0.1) is 24.8 Å². The van der Waals surface area contributed by atoms with Crippen molar-refractivity contribution in [3.63, 3.8) is 0 Å². The first-order valence-electron chi connectivity index (χ1n) is 7.15. The molecule has 0 spiro atoms. The van der Waals surface area contributed by atoms with Gasteiger partial charge in [-0.05, 0) is 36.7 Å². The van der Waals surface area contributed by atoms with Crippen molar-refractivity contribution in [2.45, 2.75) is 13.5 Å². The zero-order chi connectivity index (χ0) is 14.7. The van der Waals surface area contributed by atoms with E-state index in [1.807, 2.05) is 25.3 Å². The van der Waals surface area contributed by atoms with Crippen LogP contribution in [0.2, 0.25) is 0 Å². The zero-order valence-electron chi connectivity index (χ0n) is 12.8. The Hall–Kier alpha value is -1.63. The number of carbonyl (C=O) groups is 1. The van der Waals surface area contributed by atoms with Crippen molar-refractivity contribution in [1.82, 2.24) is 20.1 Å². The molecule has 2 N–H and O–H groups in total. The van der Waals surface area contributed by atoms with Crippen molar-refractivity contribution in [1.29, 1.82) is 0 Å². The number of nitrogens with zero attached hydrogens (tertiary/aromatic N) is 3. The van der Waals surface area contributed by atoms with Crippen LogP contribution >= 0.6 is 24.8 Å². The number of nitrogens with one attached hydrogen (secondary N) is 2. The van der Waals surface area contributed by atoms with E-state index < -0.39 is 0 Å². The summed E-state index contributed by atoms with van der Waals surface area (Å²) in [5, 5.41) is 10.4. The Morgan fingerprint density at radius 2 is 2.09 bits per heavy atom. The van der Waals surface area contributed by atoms with Crippen LogP contribution in [0.3, 0.4) is 0 Å². The lowest BCUT2D eigenvalue weighted by molar-refractivity contribution is -0.121. The lowest BCUT2D eigenvalue weighted by Gasteiger charge is -2.31. The van der Waals surface area contributed by atoms with Crippen LogP contribution in [0.5, 0.6) is 0 Å². The Labute approximate surface area is 147 Å². The molecule has 2 aromatic rings. The van der Waals surface area contributed by atoms with E-state index in [1.165, 1.54) is 0 Å². The molecule has 8 heteroatoms. The average molecular weight is 358 g/mol. The number of hydrogen-bond donors (Lipinski definition) is 2. The van der Waals surface area contributed by atoms with E-state index in [4.69, 9.17) is 0 Å². The molecule has 6 nitrogen and oxygen atoms in total. The molecule has 0 aliphatic carbocycles. The summed E-state index contributed by atoms with van der Waals surface area (Å²) in [6.45, 7) is 4.49. The first-order chi connectivity index (χ1) is 10.2. The van der Waals surface area contributed by atoms with Crippen LogP contribution in [-0.4, -0.2) is 33.8 Å². The number of carbonyl (C=O) groups excluding carboxylic acids is 1. The minimum atomic E-state index is 0. The van der Waals surface area contributed by atoms with E-state index in [0.29, 0.717) is 12.5 Å². The summed E-state index contributed by atoms with van der Waals surface area (Å²) in [4.78, 5) is 16.1. The summed E-state index contributed by atoms with van der Waals surface area (Å²) in [5.41, 5.74) is 1.87. The third kappa shape index (κ3) is 4.92. The highest BCUT2D eigenvalue weighted by Crippen LogP contribution is 2.18. The number of aromatic nitrogens is 3. The van der Waals surface area contributed by atoms with Gasteiger partial charge in [-0.3, -0.25) is 14.5 Å². The Balaban J connectivity index is 0.00000132. The Bertz CT molecular complexity index is 615. The molecule has 0 radical (unpaired) electrons. The molecule has 1 amide bonds. The van der Waals surface area contributed by atoms with Gasteiger partial charge in [0.2, 0.25) is 5.91 Å². The molecule has 0 aromatic carbocycles. The van der Waals surface area contributed by atoms with Gasteiger partial charge in [-0.2, -0.15) is 5.10 Å². The van der Waals surface area contributed by atoms with Gasteiger partial charge in [0, 0.05) is 24.5 Å². The summed E-state index contributed by atoms with van der Waals surface area (Å²) in [5.74, 6) is 0.525. The van der Waals surface area contributed by atoms with Crippen LogP contribution in [0.1, 0.15) is 12.5 Å². The topological polar surface area (TPSA) is 71.8 Å². The lowest BCUT2D eigenvalue weighted by atomic mass is 9.88. The summed E-state index contributed by atoms with van der Waals surface area (Å²) in [6, 6.07) is 3.90. The molecule has 0 bridgehead atoms. The van der Waals surface area contributed by atoms with Crippen LogP contribution in [0, 0.1) is 11.8 Å². The molecule has 2 aromatic heterocycles. The fraction of sp³-hybridized carbons (Fsp3) is 0.400. The van der Waals surface area contributed by atoms with E-state index in [9.17, 15) is 4.79 Å². The Kier molecular flexibility index (Phi) is 7.48. The zero-order valence-corrected chi connectivity index (χ0v) is 14.4. The van der Waals surface area contributed by atoms with E-state index in [-0.39, 0.29) is 36.6 Å². The van der Waals surface area contributed by atoms with Gasteiger partial charge in [-0.25, -0.2) is 0 Å². The molecular weight excluding hydrogens is 337 g/mol. The third-order valence-electron chi connectivity index (χ3n) is 3.93. The fourth-order valence-corrected chi connectivity index (χ4v) is 2.32. The van der Waals surface area contributed by atoms with Gasteiger partial charge in [0.1, 0.15) is 0 Å². The van der Waals surface area contributed by atoms with Crippen molar-refractivity contribution in [2.24, 2.45) is 11.8 Å². The summed E-state index contributed by atoms with van der Waals surface area (Å²) in [7, 11) is 0. The maximum absolute atomic E-state index is 12.1. The highest BCUT2D eigenvalue weighted by molar-refractivity contribution is 5.92. The SMILES string of the molecule is CC(C(=O)Nc1cnn(Cc2ccncc2)c1)C1CNC1.Cl.Cl. The quantitative estimate of drug-likeness (QED) is 0.857. The summed E-state index contributed by atoms with van der Waals surface area (Å²) >= 11 is 0. The molecule has 1 aliphatic rings. The van der Waals surface area contributed by atoms with Crippen molar-refractivity contribution < 1.29 is 4.79 Å². The highest BCUT2D eigenvalue weighted by Gasteiger charge is 2.28. The standard InChI is InChI=1S/C15H19N5O.2ClH/c1-11(13-6-17-7-13)15(21)19-14-8-18-20(10-14)9-12-2-4-16-5-3-12;;/h2-5,8,10-11,13,17H,6-7,9H2,1H3,(H,19,21);2*1H. The second-order valence-electron chi connectivity index (χ2n) is 5.48. The molecule has 23 heavy (non-hydrogen) atoms. The lowest BCUT2D eigenvalue weighted by Crippen LogP contribution is -2.48. The number of hydrogen-bond acceptors (Lipinski definition) is 4. The molecule has 3 rings (SSSR count). The average Bonchev–Trinajstić information content (AvgIpc) is 2.85. The largest absolute Gasteiger partial charge is 0.323 e. The Morgan fingerprint density at radius 1 is 1.39 bits per heavy atom. The predicted octanol–water partition coefficient (Wildman–Crippen LogP) is 1.96. The maximum atomic E-state index is 12.1. The highest BCUT2D eigenvalue weighted by atomic mass is 35.5. The van der Waals surface area contributed by atoms with Gasteiger partial charge >= 0.3 is 0 Å². The van der Waals surface area contributed by atoms with Crippen molar-refractivity contribution in [3.05, 3.63) is 42.5 Å². The third-order valence-corrected chi connectivity index (χ3v) is 3.93. The van der Waals surface area contributed by atoms with Crippen molar-refractivity contribution in [3.8, 4) is 0 Å². The van der Waals surface area contributed by atoms with Crippen LogP contribution < -0.4 is 10.6 Å². The van der Waals surface area contributed by atoms with E-state index in [0.717, 1.165) is 24.3 Å². The molecule has 1 atom stereocenters. The van der Waals surface area contributed by atoms with Crippen LogP contribution in [0.25, 0.3) is 0 Å². The number of rotatable bonds is 5. The molecule has 3 heterocycles. The molecule has 1 fully saturated rings. The molecule has 1 unspecified atom stereocenters. The number of amides is 1. The van der Waals surface area contributed by atoms with Gasteiger partial charge in [0.25, 0.3) is 0 Å². The molecule has 1 aliphatic heterocycles. The number of halogens is 2. The first-order valence-corrected chi connectivity index (χ1v) is 7.15. The number of pyridine rings is 1. The van der Waals surface area contributed by atoms with Crippen LogP contribution in [-0.2, 0) is 11.3 Å².